The maximum absolute atomic E-state index is 13.0. The van der Waals surface area contributed by atoms with Crippen molar-refractivity contribution in [3.63, 3.8) is 0 Å². The van der Waals surface area contributed by atoms with Crippen LogP contribution in [0.3, 0.4) is 0 Å². The van der Waals surface area contributed by atoms with Crippen molar-refractivity contribution < 1.29 is 4.39 Å². The summed E-state index contributed by atoms with van der Waals surface area (Å²) in [5.41, 5.74) is 1.53. The van der Waals surface area contributed by atoms with Crippen molar-refractivity contribution in [1.82, 2.24) is 0 Å². The van der Waals surface area contributed by atoms with Crippen molar-refractivity contribution in [3.05, 3.63) is 35.1 Å². The Labute approximate surface area is 90.5 Å². The van der Waals surface area contributed by atoms with E-state index in [1.54, 1.807) is 19.1 Å². The first-order valence-corrected chi connectivity index (χ1v) is 5.20. The maximum atomic E-state index is 13.0. The molecule has 1 rings (SSSR count). The average molecular weight is 205 g/mol. The lowest BCUT2D eigenvalue weighted by Gasteiger charge is -2.12. The molecule has 0 N–H and O–H groups in total. The quantitative estimate of drug-likeness (QED) is 0.736. The second-order valence-electron chi connectivity index (χ2n) is 4.32. The molecule has 0 saturated carbocycles. The Morgan fingerprint density at radius 1 is 1.40 bits per heavy atom. The molecule has 1 aromatic carbocycles. The van der Waals surface area contributed by atoms with Gasteiger partial charge < -0.3 is 0 Å². The van der Waals surface area contributed by atoms with E-state index >= 15 is 0 Å². The molecule has 0 amide bonds. The molecule has 2 heteroatoms. The van der Waals surface area contributed by atoms with Crippen LogP contribution in [0.5, 0.6) is 0 Å². The molecule has 0 fully saturated rings. The van der Waals surface area contributed by atoms with Crippen molar-refractivity contribution in [3.8, 4) is 6.07 Å². The van der Waals surface area contributed by atoms with Gasteiger partial charge in [-0.2, -0.15) is 5.26 Å². The van der Waals surface area contributed by atoms with E-state index in [1.165, 1.54) is 6.07 Å². The zero-order chi connectivity index (χ0) is 11.4. The summed E-state index contributed by atoms with van der Waals surface area (Å²) < 4.78 is 13.0. The Balaban J connectivity index is 2.94. The van der Waals surface area contributed by atoms with Gasteiger partial charge in [-0.05, 0) is 36.5 Å². The van der Waals surface area contributed by atoms with E-state index in [0.717, 1.165) is 12.0 Å². The second-order valence-corrected chi connectivity index (χ2v) is 4.32. The van der Waals surface area contributed by atoms with Crippen molar-refractivity contribution in [2.45, 2.75) is 33.1 Å². The molecular weight excluding hydrogens is 189 g/mol. The molecule has 15 heavy (non-hydrogen) atoms. The third kappa shape index (κ3) is 3.06. The number of nitriles is 1. The van der Waals surface area contributed by atoms with E-state index in [9.17, 15) is 4.39 Å². The van der Waals surface area contributed by atoms with Gasteiger partial charge in [-0.25, -0.2) is 4.39 Å². The summed E-state index contributed by atoms with van der Waals surface area (Å²) in [5, 5.41) is 9.04. The van der Waals surface area contributed by atoms with E-state index in [0.29, 0.717) is 11.5 Å². The van der Waals surface area contributed by atoms with E-state index in [1.807, 2.05) is 0 Å². The number of aryl methyl sites for hydroxylation is 1. The lowest BCUT2D eigenvalue weighted by atomic mass is 9.91. The highest BCUT2D eigenvalue weighted by Crippen LogP contribution is 2.24. The molecule has 0 aliphatic rings. The van der Waals surface area contributed by atoms with Crippen LogP contribution in [0, 0.1) is 30.0 Å². The molecule has 0 radical (unpaired) electrons. The predicted octanol–water partition coefficient (Wildman–Crippen LogP) is 3.79. The molecule has 1 aromatic rings. The van der Waals surface area contributed by atoms with E-state index in [-0.39, 0.29) is 11.7 Å². The molecule has 0 saturated heterocycles. The van der Waals surface area contributed by atoms with Gasteiger partial charge in [-0.15, -0.1) is 0 Å². The van der Waals surface area contributed by atoms with Gasteiger partial charge in [0.25, 0.3) is 0 Å². The summed E-state index contributed by atoms with van der Waals surface area (Å²) in [5.74, 6) is 0.143. The van der Waals surface area contributed by atoms with Gasteiger partial charge in [-0.1, -0.05) is 26.0 Å². The lowest BCUT2D eigenvalue weighted by Crippen LogP contribution is -2.01. The van der Waals surface area contributed by atoms with Crippen molar-refractivity contribution >= 4 is 0 Å². The fourth-order valence-corrected chi connectivity index (χ4v) is 1.62. The van der Waals surface area contributed by atoms with Crippen LogP contribution in [0.2, 0.25) is 0 Å². The predicted molar refractivity (Wildman–Crippen MR) is 58.9 cm³/mol. The van der Waals surface area contributed by atoms with Gasteiger partial charge in [0.05, 0.1) is 12.0 Å². The monoisotopic (exact) mass is 205 g/mol. The summed E-state index contributed by atoms with van der Waals surface area (Å²) in [4.78, 5) is 0. The molecule has 0 bridgehead atoms. The Kier molecular flexibility index (Phi) is 3.85. The molecule has 0 aromatic heterocycles. The molecule has 0 heterocycles. The average Bonchev–Trinajstić information content (AvgIpc) is 2.18. The minimum atomic E-state index is -0.208. The summed E-state index contributed by atoms with van der Waals surface area (Å²) in [6.45, 7) is 5.89. The molecule has 0 aliphatic heterocycles. The van der Waals surface area contributed by atoms with Gasteiger partial charge in [0, 0.05) is 0 Å². The van der Waals surface area contributed by atoms with Gasteiger partial charge in [0.1, 0.15) is 5.82 Å². The number of halogens is 1. The first kappa shape index (κ1) is 11.7. The minimum absolute atomic E-state index is 0.121. The van der Waals surface area contributed by atoms with Gasteiger partial charge in [-0.3, -0.25) is 0 Å². The first-order valence-electron chi connectivity index (χ1n) is 5.20. The molecule has 0 aliphatic carbocycles. The van der Waals surface area contributed by atoms with Crippen LogP contribution in [-0.4, -0.2) is 0 Å². The number of benzene rings is 1. The summed E-state index contributed by atoms with van der Waals surface area (Å²) in [6, 6.07) is 7.19. The van der Waals surface area contributed by atoms with Crippen molar-refractivity contribution in [1.29, 1.82) is 5.26 Å². The van der Waals surface area contributed by atoms with Crippen LogP contribution in [0.1, 0.15) is 37.3 Å². The Hall–Kier alpha value is -1.36. The SMILES string of the molecule is Cc1cc(C(C#N)CC(C)C)ccc1F. The molecular formula is C13H16FN. The maximum Gasteiger partial charge on any atom is 0.126 e. The van der Waals surface area contributed by atoms with Crippen LogP contribution in [0.25, 0.3) is 0 Å². The fraction of sp³-hybridized carbons (Fsp3) is 0.462. The number of nitrogens with zero attached hydrogens (tertiary/aromatic N) is 1. The Bertz CT molecular complexity index is 377. The molecule has 80 valence electrons. The normalized spacial score (nSPS) is 12.5. The topological polar surface area (TPSA) is 23.8 Å². The summed E-state index contributed by atoms with van der Waals surface area (Å²) in [6.07, 6.45) is 0.821. The molecule has 1 nitrogen and oxygen atoms in total. The number of hydrogen-bond donors (Lipinski definition) is 0. The lowest BCUT2D eigenvalue weighted by molar-refractivity contribution is 0.553. The van der Waals surface area contributed by atoms with Gasteiger partial charge in [0.2, 0.25) is 0 Å². The van der Waals surface area contributed by atoms with Gasteiger partial charge in [0.15, 0.2) is 0 Å². The summed E-state index contributed by atoms with van der Waals surface area (Å²) in [7, 11) is 0. The number of rotatable bonds is 3. The van der Waals surface area contributed by atoms with E-state index in [4.69, 9.17) is 5.26 Å². The highest BCUT2D eigenvalue weighted by Gasteiger charge is 2.13. The minimum Gasteiger partial charge on any atom is -0.207 e. The zero-order valence-corrected chi connectivity index (χ0v) is 9.42. The van der Waals surface area contributed by atoms with Crippen molar-refractivity contribution in [2.24, 2.45) is 5.92 Å². The zero-order valence-electron chi connectivity index (χ0n) is 9.42. The highest BCUT2D eigenvalue weighted by molar-refractivity contribution is 5.30. The Morgan fingerprint density at radius 3 is 2.53 bits per heavy atom. The molecule has 1 atom stereocenters. The van der Waals surface area contributed by atoms with Crippen LogP contribution >= 0.6 is 0 Å². The standard InChI is InChI=1S/C13H16FN/c1-9(2)6-12(8-15)11-4-5-13(14)10(3)7-11/h4-5,7,9,12H,6H2,1-3H3. The largest absolute Gasteiger partial charge is 0.207 e. The van der Waals surface area contributed by atoms with Gasteiger partial charge >= 0.3 is 0 Å². The highest BCUT2D eigenvalue weighted by atomic mass is 19.1. The molecule has 1 unspecified atom stereocenters. The number of hydrogen-bond acceptors (Lipinski definition) is 1. The van der Waals surface area contributed by atoms with Crippen LogP contribution in [0.15, 0.2) is 18.2 Å². The smallest absolute Gasteiger partial charge is 0.126 e. The van der Waals surface area contributed by atoms with Crippen LogP contribution in [-0.2, 0) is 0 Å². The first-order chi connectivity index (χ1) is 7.04. The van der Waals surface area contributed by atoms with E-state index < -0.39 is 0 Å². The summed E-state index contributed by atoms with van der Waals surface area (Å²) >= 11 is 0. The fourth-order valence-electron chi connectivity index (χ4n) is 1.62. The van der Waals surface area contributed by atoms with E-state index in [2.05, 4.69) is 19.9 Å². The van der Waals surface area contributed by atoms with Crippen LogP contribution in [0.4, 0.5) is 4.39 Å². The third-order valence-corrected chi connectivity index (χ3v) is 2.45. The third-order valence-electron chi connectivity index (χ3n) is 2.45. The second kappa shape index (κ2) is 4.93. The van der Waals surface area contributed by atoms with Crippen LogP contribution < -0.4 is 0 Å². The molecule has 0 spiro atoms. The Morgan fingerprint density at radius 2 is 2.07 bits per heavy atom. The van der Waals surface area contributed by atoms with Crippen molar-refractivity contribution in [2.75, 3.05) is 0 Å².